The number of hydrogen-bond acceptors (Lipinski definition) is 5. The molecule has 3 aromatic heterocycles. The lowest BCUT2D eigenvalue weighted by atomic mass is 10.00. The molecule has 1 N–H and O–H groups in total. The van der Waals surface area contributed by atoms with E-state index in [1.807, 2.05) is 13.8 Å². The van der Waals surface area contributed by atoms with Crippen LogP contribution in [0.3, 0.4) is 0 Å². The molecule has 5 rings (SSSR count). The predicted molar refractivity (Wildman–Crippen MR) is 150 cm³/mol. The molecule has 0 radical (unpaired) electrons. The molecule has 0 aliphatic rings. The molecule has 7 nitrogen and oxygen atoms in total. The van der Waals surface area contributed by atoms with Crippen LogP contribution in [0.15, 0.2) is 78.0 Å². The molecule has 0 spiro atoms. The second kappa shape index (κ2) is 11.3. The maximum Gasteiger partial charge on any atom is 0.417 e. The molecule has 5 aromatic rings. The molecule has 0 aliphatic carbocycles. The lowest BCUT2D eigenvalue weighted by Crippen LogP contribution is -2.26. The number of carbonyl (C=O) groups excluding carboxylic acids is 1. The average molecular weight is 595 g/mol. The largest absolute Gasteiger partial charge is 0.452 e. The van der Waals surface area contributed by atoms with Gasteiger partial charge in [0.1, 0.15) is 16.9 Å². The van der Waals surface area contributed by atoms with Gasteiger partial charge in [0.05, 0.1) is 11.1 Å². The number of nitrogens with one attached hydrogen (secondary N) is 1. The normalized spacial score (nSPS) is 11.7. The fourth-order valence-electron chi connectivity index (χ4n) is 4.60. The number of anilines is 1. The number of fused-ring (bicyclic) bond motifs is 1. The number of pyridine rings is 3. The van der Waals surface area contributed by atoms with Gasteiger partial charge in [0.25, 0.3) is 5.91 Å². The number of carbonyl (C=O) groups is 1. The molecule has 220 valence electrons. The second-order valence-corrected chi connectivity index (χ2v) is 9.94. The third-order valence-corrected chi connectivity index (χ3v) is 6.70. The zero-order valence-electron chi connectivity index (χ0n) is 23.0. The summed E-state index contributed by atoms with van der Waals surface area (Å²) in [5.41, 5.74) is -0.604. The molecule has 0 aliphatic heterocycles. The number of alkyl halides is 3. The Labute approximate surface area is 241 Å². The van der Waals surface area contributed by atoms with Crippen LogP contribution in [0.2, 0.25) is 0 Å². The van der Waals surface area contributed by atoms with Crippen LogP contribution in [0.4, 0.5) is 27.6 Å². The molecule has 0 unspecified atom stereocenters. The van der Waals surface area contributed by atoms with E-state index in [0.717, 1.165) is 12.1 Å². The van der Waals surface area contributed by atoms with E-state index in [4.69, 9.17) is 4.74 Å². The molecule has 3 heterocycles. The fourth-order valence-corrected chi connectivity index (χ4v) is 4.60. The van der Waals surface area contributed by atoms with E-state index in [1.54, 1.807) is 11.5 Å². The smallest absolute Gasteiger partial charge is 0.417 e. The van der Waals surface area contributed by atoms with Gasteiger partial charge >= 0.3 is 6.18 Å². The van der Waals surface area contributed by atoms with E-state index in [0.29, 0.717) is 17.5 Å². The lowest BCUT2D eigenvalue weighted by molar-refractivity contribution is -0.137. The van der Waals surface area contributed by atoms with E-state index in [9.17, 15) is 27.2 Å². The number of nitrogens with zero attached hydrogens (tertiary/aromatic N) is 3. The van der Waals surface area contributed by atoms with E-state index < -0.39 is 34.7 Å². The summed E-state index contributed by atoms with van der Waals surface area (Å²) in [5.74, 6) is -2.48. The van der Waals surface area contributed by atoms with Crippen molar-refractivity contribution in [2.75, 3.05) is 5.32 Å². The Balaban J connectivity index is 1.43. The minimum Gasteiger partial charge on any atom is -0.452 e. The van der Waals surface area contributed by atoms with Crippen molar-refractivity contribution in [2.45, 2.75) is 33.0 Å². The summed E-state index contributed by atoms with van der Waals surface area (Å²) in [4.78, 5) is 34.4. The predicted octanol–water partition coefficient (Wildman–Crippen LogP) is 7.69. The van der Waals surface area contributed by atoms with E-state index in [-0.39, 0.29) is 45.4 Å². The molecule has 0 bridgehead atoms. The van der Waals surface area contributed by atoms with Crippen LogP contribution < -0.4 is 15.5 Å². The molecular formula is C31H23F5N4O3. The van der Waals surface area contributed by atoms with Crippen LogP contribution in [0, 0.1) is 18.6 Å². The molecule has 0 saturated carbocycles. The number of amides is 1. The number of rotatable bonds is 6. The van der Waals surface area contributed by atoms with Crippen LogP contribution in [0.1, 0.15) is 41.5 Å². The summed E-state index contributed by atoms with van der Waals surface area (Å²) in [6.07, 6.45) is -1.36. The highest BCUT2D eigenvalue weighted by atomic mass is 19.4. The van der Waals surface area contributed by atoms with E-state index in [1.165, 1.54) is 54.9 Å². The second-order valence-electron chi connectivity index (χ2n) is 9.94. The summed E-state index contributed by atoms with van der Waals surface area (Å²) in [6.45, 7) is 5.48. The van der Waals surface area contributed by atoms with Crippen molar-refractivity contribution < 1.29 is 31.5 Å². The minimum atomic E-state index is -4.62. The Morgan fingerprint density at radius 3 is 2.35 bits per heavy atom. The zero-order chi connectivity index (χ0) is 31.1. The highest BCUT2D eigenvalue weighted by Crippen LogP contribution is 2.34. The van der Waals surface area contributed by atoms with Crippen molar-refractivity contribution in [1.29, 1.82) is 0 Å². The lowest BCUT2D eigenvalue weighted by Gasteiger charge is -2.20. The van der Waals surface area contributed by atoms with Gasteiger partial charge < -0.3 is 14.6 Å². The first-order chi connectivity index (χ1) is 20.3. The maximum absolute atomic E-state index is 15.1. The van der Waals surface area contributed by atoms with Gasteiger partial charge in [-0.15, -0.1) is 0 Å². The maximum atomic E-state index is 15.1. The molecule has 1 amide bonds. The average Bonchev–Trinajstić information content (AvgIpc) is 2.94. The summed E-state index contributed by atoms with van der Waals surface area (Å²) >= 11 is 0. The number of benzene rings is 2. The first kappa shape index (κ1) is 29.4. The van der Waals surface area contributed by atoms with Crippen LogP contribution in [-0.2, 0) is 6.18 Å². The number of hydrogen-bond donors (Lipinski definition) is 1. The Bertz CT molecular complexity index is 1920. The molecule has 43 heavy (non-hydrogen) atoms. The van der Waals surface area contributed by atoms with Crippen molar-refractivity contribution in [3.8, 4) is 22.6 Å². The first-order valence-electron chi connectivity index (χ1n) is 13.0. The standard InChI is InChI=1S/C31H23F5N4O3/c1-16(2)40-15-22(29(41)27(17(40)3)18-4-6-20(32)7-5-18)30(42)39-21-8-9-25(23(33)13-21)43-26-10-11-37-24-12-19(31(34,35)36)14-38-28(24)26/h4-16H,1-3H3,(H,39,42). The molecule has 12 heteroatoms. The van der Waals surface area contributed by atoms with Crippen LogP contribution >= 0.6 is 0 Å². The Kier molecular flexibility index (Phi) is 7.70. The summed E-state index contributed by atoms with van der Waals surface area (Å²) in [7, 11) is 0. The number of ether oxygens (including phenoxy) is 1. The van der Waals surface area contributed by atoms with Crippen LogP contribution in [0.5, 0.6) is 11.5 Å². The van der Waals surface area contributed by atoms with Gasteiger partial charge in [-0.05, 0) is 56.7 Å². The van der Waals surface area contributed by atoms with Crippen molar-refractivity contribution >= 4 is 22.6 Å². The van der Waals surface area contributed by atoms with Crippen molar-refractivity contribution in [3.63, 3.8) is 0 Å². The molecule has 0 fully saturated rings. The van der Waals surface area contributed by atoms with Gasteiger partial charge in [-0.3, -0.25) is 19.6 Å². The van der Waals surface area contributed by atoms with Gasteiger partial charge in [0, 0.05) is 53.7 Å². The third kappa shape index (κ3) is 5.94. The fraction of sp³-hybridized carbons (Fsp3) is 0.161. The number of halogens is 5. The van der Waals surface area contributed by atoms with E-state index in [2.05, 4.69) is 15.3 Å². The van der Waals surface area contributed by atoms with Crippen molar-refractivity contribution in [1.82, 2.24) is 14.5 Å². The Morgan fingerprint density at radius 1 is 0.977 bits per heavy atom. The van der Waals surface area contributed by atoms with Crippen LogP contribution in [-0.4, -0.2) is 20.4 Å². The molecular weight excluding hydrogens is 571 g/mol. The van der Waals surface area contributed by atoms with Gasteiger partial charge in [0.2, 0.25) is 5.43 Å². The van der Waals surface area contributed by atoms with Crippen molar-refractivity contribution in [3.05, 3.63) is 112 Å². The van der Waals surface area contributed by atoms with Gasteiger partial charge in [-0.2, -0.15) is 13.2 Å². The van der Waals surface area contributed by atoms with Gasteiger partial charge in [-0.1, -0.05) is 12.1 Å². The van der Waals surface area contributed by atoms with E-state index >= 15 is 4.39 Å². The molecule has 2 aromatic carbocycles. The quantitative estimate of drug-likeness (QED) is 0.204. The summed E-state index contributed by atoms with van der Waals surface area (Å²) < 4.78 is 75.1. The topological polar surface area (TPSA) is 86.1 Å². The minimum absolute atomic E-state index is 0.00922. The van der Waals surface area contributed by atoms with Gasteiger partial charge in [-0.25, -0.2) is 8.78 Å². The van der Waals surface area contributed by atoms with Crippen molar-refractivity contribution in [2.24, 2.45) is 0 Å². The summed E-state index contributed by atoms with van der Waals surface area (Å²) in [5, 5.41) is 2.52. The molecule has 0 atom stereocenters. The highest BCUT2D eigenvalue weighted by Gasteiger charge is 2.31. The molecule has 0 saturated heterocycles. The van der Waals surface area contributed by atoms with Crippen LogP contribution in [0.25, 0.3) is 22.2 Å². The Morgan fingerprint density at radius 2 is 1.70 bits per heavy atom. The third-order valence-electron chi connectivity index (χ3n) is 6.70. The Hall–Kier alpha value is -5.13. The number of aromatic nitrogens is 3. The first-order valence-corrected chi connectivity index (χ1v) is 13.0. The summed E-state index contributed by atoms with van der Waals surface area (Å²) in [6, 6.07) is 10.9. The SMILES string of the molecule is Cc1c(-c2ccc(F)cc2)c(=O)c(C(=O)Nc2ccc(Oc3ccnc4cc(C(F)(F)F)cnc34)c(F)c2)cn1C(C)C. The van der Waals surface area contributed by atoms with Gasteiger partial charge in [0.15, 0.2) is 17.3 Å². The monoisotopic (exact) mass is 594 g/mol. The highest BCUT2D eigenvalue weighted by molar-refractivity contribution is 6.04. The zero-order valence-corrected chi connectivity index (χ0v) is 23.0.